The van der Waals surface area contributed by atoms with Crippen LogP contribution in [0.1, 0.15) is 17.4 Å². The van der Waals surface area contributed by atoms with Crippen molar-refractivity contribution in [2.75, 3.05) is 6.61 Å². The molecule has 6 heteroatoms. The fourth-order valence-corrected chi connectivity index (χ4v) is 2.14. The van der Waals surface area contributed by atoms with Crippen molar-refractivity contribution in [3.8, 4) is 10.4 Å². The Morgan fingerprint density at radius 2 is 2.17 bits per heavy atom. The molecule has 2 aromatic rings. The number of halogens is 2. The molecule has 3 nitrogen and oxygen atoms in total. The van der Waals surface area contributed by atoms with Crippen molar-refractivity contribution >= 4 is 17.5 Å². The highest BCUT2D eigenvalue weighted by Crippen LogP contribution is 2.27. The van der Waals surface area contributed by atoms with Gasteiger partial charge in [-0.15, -0.1) is 0 Å². The summed E-state index contributed by atoms with van der Waals surface area (Å²) in [6, 6.07) is 4.69. The zero-order valence-corrected chi connectivity index (χ0v) is 10.3. The molecule has 1 aromatic heterocycles. The van der Waals surface area contributed by atoms with E-state index in [1.54, 1.807) is 6.92 Å². The van der Waals surface area contributed by atoms with E-state index in [0.29, 0.717) is 4.88 Å². The lowest BCUT2D eigenvalue weighted by Gasteiger charge is -1.98. The highest BCUT2D eigenvalue weighted by molar-refractivity contribution is 7.09. The first-order valence-electron chi connectivity index (χ1n) is 5.21. The lowest BCUT2D eigenvalue weighted by Crippen LogP contribution is -2.04. The second kappa shape index (κ2) is 5.22. The SMILES string of the molecule is CCOC(=O)c1cc(-c2ccc(F)cc2F)sn1. The van der Waals surface area contributed by atoms with Crippen molar-refractivity contribution in [2.24, 2.45) is 0 Å². The Balaban J connectivity index is 2.32. The highest BCUT2D eigenvalue weighted by atomic mass is 32.1. The number of esters is 1. The number of carbonyl (C=O) groups is 1. The highest BCUT2D eigenvalue weighted by Gasteiger charge is 2.15. The molecule has 0 atom stereocenters. The van der Waals surface area contributed by atoms with Crippen LogP contribution in [0, 0.1) is 11.6 Å². The van der Waals surface area contributed by atoms with Gasteiger partial charge >= 0.3 is 5.97 Å². The third-order valence-corrected chi connectivity index (χ3v) is 3.01. The van der Waals surface area contributed by atoms with Gasteiger partial charge in [-0.25, -0.2) is 13.6 Å². The number of benzene rings is 1. The molecule has 2 rings (SSSR count). The molecule has 94 valence electrons. The van der Waals surface area contributed by atoms with Crippen LogP contribution >= 0.6 is 11.5 Å². The summed E-state index contributed by atoms with van der Waals surface area (Å²) in [7, 11) is 0. The summed E-state index contributed by atoms with van der Waals surface area (Å²) >= 11 is 0.964. The summed E-state index contributed by atoms with van der Waals surface area (Å²) in [6.45, 7) is 1.93. The Labute approximate surface area is 106 Å². The summed E-state index contributed by atoms with van der Waals surface area (Å²) in [5.41, 5.74) is 0.338. The van der Waals surface area contributed by atoms with E-state index >= 15 is 0 Å². The average Bonchev–Trinajstić information content (AvgIpc) is 2.78. The second-order valence-electron chi connectivity index (χ2n) is 3.42. The minimum Gasteiger partial charge on any atom is -0.461 e. The predicted octanol–water partition coefficient (Wildman–Crippen LogP) is 3.27. The third-order valence-electron chi connectivity index (χ3n) is 2.19. The quantitative estimate of drug-likeness (QED) is 0.803. The Morgan fingerprint density at radius 3 is 2.83 bits per heavy atom. The molecule has 0 unspecified atom stereocenters. The first-order chi connectivity index (χ1) is 8.61. The molecule has 1 heterocycles. The van der Waals surface area contributed by atoms with Crippen LogP contribution < -0.4 is 0 Å². The standard InChI is InChI=1S/C12H9F2NO2S/c1-2-17-12(16)10-6-11(18-15-10)8-4-3-7(13)5-9(8)14/h3-6H,2H2,1H3. The van der Waals surface area contributed by atoms with Gasteiger partial charge in [-0.3, -0.25) is 0 Å². The lowest BCUT2D eigenvalue weighted by molar-refractivity contribution is 0.0521. The van der Waals surface area contributed by atoms with Crippen molar-refractivity contribution in [1.29, 1.82) is 0 Å². The number of hydrogen-bond acceptors (Lipinski definition) is 4. The first-order valence-corrected chi connectivity index (χ1v) is 5.98. The number of ether oxygens (including phenoxy) is 1. The molecule has 18 heavy (non-hydrogen) atoms. The topological polar surface area (TPSA) is 39.2 Å². The van der Waals surface area contributed by atoms with Gasteiger partial charge in [0.1, 0.15) is 11.6 Å². The number of carbonyl (C=O) groups excluding carboxylic acids is 1. The van der Waals surface area contributed by atoms with Crippen molar-refractivity contribution in [2.45, 2.75) is 6.92 Å². The maximum absolute atomic E-state index is 13.5. The minimum atomic E-state index is -0.686. The molecule has 0 bridgehead atoms. The fourth-order valence-electron chi connectivity index (χ4n) is 1.39. The molecule has 0 N–H and O–H groups in total. The van der Waals surface area contributed by atoms with Crippen LogP contribution in [-0.4, -0.2) is 16.9 Å². The van der Waals surface area contributed by atoms with E-state index in [-0.39, 0.29) is 17.9 Å². The Kier molecular flexibility index (Phi) is 3.66. The lowest BCUT2D eigenvalue weighted by atomic mass is 10.1. The van der Waals surface area contributed by atoms with E-state index < -0.39 is 17.6 Å². The number of nitrogens with zero attached hydrogens (tertiary/aromatic N) is 1. The number of aromatic nitrogens is 1. The maximum atomic E-state index is 13.5. The van der Waals surface area contributed by atoms with Gasteiger partial charge in [0.15, 0.2) is 5.69 Å². The number of hydrogen-bond donors (Lipinski definition) is 0. The monoisotopic (exact) mass is 269 g/mol. The van der Waals surface area contributed by atoms with Gasteiger partial charge in [0.2, 0.25) is 0 Å². The second-order valence-corrected chi connectivity index (χ2v) is 4.23. The predicted molar refractivity (Wildman–Crippen MR) is 63.4 cm³/mol. The van der Waals surface area contributed by atoms with Gasteiger partial charge in [-0.05, 0) is 36.7 Å². The van der Waals surface area contributed by atoms with Gasteiger partial charge in [0.05, 0.1) is 11.5 Å². The van der Waals surface area contributed by atoms with Crippen molar-refractivity contribution < 1.29 is 18.3 Å². The third kappa shape index (κ3) is 2.53. The summed E-state index contributed by atoms with van der Waals surface area (Å²) < 4.78 is 34.9. The fraction of sp³-hybridized carbons (Fsp3) is 0.167. The van der Waals surface area contributed by atoms with Crippen LogP contribution in [0.15, 0.2) is 24.3 Å². The van der Waals surface area contributed by atoms with Gasteiger partial charge in [0, 0.05) is 11.6 Å². The Hall–Kier alpha value is -1.82. The maximum Gasteiger partial charge on any atom is 0.358 e. The van der Waals surface area contributed by atoms with Gasteiger partial charge in [-0.2, -0.15) is 4.37 Å². The number of rotatable bonds is 3. The molecular formula is C12H9F2NO2S. The summed E-state index contributed by atoms with van der Waals surface area (Å²) in [6.07, 6.45) is 0. The molecular weight excluding hydrogens is 260 g/mol. The molecule has 0 fully saturated rings. The molecule has 0 spiro atoms. The molecule has 0 radical (unpaired) electrons. The van der Waals surface area contributed by atoms with E-state index in [1.165, 1.54) is 12.1 Å². The molecule has 0 saturated carbocycles. The van der Waals surface area contributed by atoms with E-state index in [9.17, 15) is 13.6 Å². The molecule has 1 aromatic carbocycles. The van der Waals surface area contributed by atoms with Crippen LogP contribution in [0.3, 0.4) is 0 Å². The van der Waals surface area contributed by atoms with E-state index in [1.807, 2.05) is 0 Å². The molecule has 0 amide bonds. The zero-order chi connectivity index (χ0) is 13.1. The van der Waals surface area contributed by atoms with Crippen LogP contribution in [0.2, 0.25) is 0 Å². The van der Waals surface area contributed by atoms with Crippen LogP contribution in [0.4, 0.5) is 8.78 Å². The van der Waals surface area contributed by atoms with E-state index in [0.717, 1.165) is 23.7 Å². The van der Waals surface area contributed by atoms with Crippen molar-refractivity contribution in [3.05, 3.63) is 41.6 Å². The Morgan fingerprint density at radius 1 is 1.39 bits per heavy atom. The first kappa shape index (κ1) is 12.6. The normalized spacial score (nSPS) is 10.4. The summed E-state index contributed by atoms with van der Waals surface area (Å²) in [5.74, 6) is -1.89. The molecule has 0 saturated heterocycles. The minimum absolute atomic E-state index is 0.126. The van der Waals surface area contributed by atoms with Crippen molar-refractivity contribution in [1.82, 2.24) is 4.37 Å². The van der Waals surface area contributed by atoms with Gasteiger partial charge in [0.25, 0.3) is 0 Å². The average molecular weight is 269 g/mol. The molecule has 0 aliphatic carbocycles. The summed E-state index contributed by atoms with van der Waals surface area (Å²) in [5, 5.41) is 0. The van der Waals surface area contributed by atoms with Crippen LogP contribution in [0.5, 0.6) is 0 Å². The van der Waals surface area contributed by atoms with Gasteiger partial charge in [-0.1, -0.05) is 0 Å². The smallest absolute Gasteiger partial charge is 0.358 e. The van der Waals surface area contributed by atoms with Gasteiger partial charge < -0.3 is 4.74 Å². The summed E-state index contributed by atoms with van der Waals surface area (Å²) in [4.78, 5) is 11.9. The van der Waals surface area contributed by atoms with Crippen LogP contribution in [-0.2, 0) is 4.74 Å². The Bertz CT molecular complexity index is 583. The zero-order valence-electron chi connectivity index (χ0n) is 9.44. The molecule has 0 aliphatic rings. The largest absolute Gasteiger partial charge is 0.461 e. The van der Waals surface area contributed by atoms with Crippen molar-refractivity contribution in [3.63, 3.8) is 0 Å². The molecule has 0 aliphatic heterocycles. The van der Waals surface area contributed by atoms with E-state index in [4.69, 9.17) is 4.74 Å². The van der Waals surface area contributed by atoms with E-state index in [2.05, 4.69) is 4.37 Å². The van der Waals surface area contributed by atoms with Crippen LogP contribution in [0.25, 0.3) is 10.4 Å².